The number of alkyl halides is 3. The van der Waals surface area contributed by atoms with E-state index < -0.39 is 12.4 Å². The summed E-state index contributed by atoms with van der Waals surface area (Å²) in [5.74, 6) is 0.0880. The van der Waals surface area contributed by atoms with Crippen molar-refractivity contribution in [1.82, 2.24) is 15.5 Å². The van der Waals surface area contributed by atoms with Crippen LogP contribution in [0.1, 0.15) is 24.4 Å². The molecule has 0 spiro atoms. The van der Waals surface area contributed by atoms with Crippen LogP contribution in [0, 0.1) is 5.92 Å². The lowest BCUT2D eigenvalue weighted by atomic mass is 9.96. The van der Waals surface area contributed by atoms with Crippen LogP contribution in [-0.4, -0.2) is 49.9 Å². The van der Waals surface area contributed by atoms with Crippen molar-refractivity contribution in [3.05, 3.63) is 29.8 Å². The number of halogens is 3. The second kappa shape index (κ2) is 7.61. The van der Waals surface area contributed by atoms with E-state index >= 15 is 0 Å². The number of ether oxygens (including phenoxy) is 1. The number of hydrogen-bond acceptors (Lipinski definition) is 4. The fourth-order valence-corrected chi connectivity index (χ4v) is 3.54. The molecule has 0 aromatic heterocycles. The third kappa shape index (κ3) is 4.85. The summed E-state index contributed by atoms with van der Waals surface area (Å²) in [5.41, 5.74) is 0.676. The summed E-state index contributed by atoms with van der Waals surface area (Å²) in [5, 5.41) is 6.21. The van der Waals surface area contributed by atoms with E-state index in [4.69, 9.17) is 0 Å². The molecule has 2 heterocycles. The Morgan fingerprint density at radius 2 is 1.96 bits per heavy atom. The SMILES string of the molecule is O=C1NCCN(CC2CCCNC2)C1c1ccc(OC(F)(F)F)cc1. The Labute approximate surface area is 144 Å². The number of rotatable bonds is 4. The first-order valence-electron chi connectivity index (χ1n) is 8.50. The van der Waals surface area contributed by atoms with Crippen LogP contribution >= 0.6 is 0 Å². The Hall–Kier alpha value is -1.80. The van der Waals surface area contributed by atoms with Gasteiger partial charge in [-0.05, 0) is 49.5 Å². The molecule has 1 aromatic carbocycles. The summed E-state index contributed by atoms with van der Waals surface area (Å²) >= 11 is 0. The van der Waals surface area contributed by atoms with Gasteiger partial charge in [0.2, 0.25) is 5.91 Å². The second-order valence-electron chi connectivity index (χ2n) is 6.52. The molecule has 25 heavy (non-hydrogen) atoms. The zero-order valence-electron chi connectivity index (χ0n) is 13.8. The Morgan fingerprint density at radius 3 is 2.60 bits per heavy atom. The largest absolute Gasteiger partial charge is 0.573 e. The highest BCUT2D eigenvalue weighted by molar-refractivity contribution is 5.84. The molecule has 3 rings (SSSR count). The van der Waals surface area contributed by atoms with Crippen molar-refractivity contribution in [3.63, 3.8) is 0 Å². The number of carbonyl (C=O) groups is 1. The predicted octanol–water partition coefficient (Wildman–Crippen LogP) is 2.06. The topological polar surface area (TPSA) is 53.6 Å². The van der Waals surface area contributed by atoms with Crippen LogP contribution in [0.2, 0.25) is 0 Å². The molecule has 0 radical (unpaired) electrons. The quantitative estimate of drug-likeness (QED) is 0.866. The Balaban J connectivity index is 1.72. The minimum atomic E-state index is -4.72. The Kier molecular flexibility index (Phi) is 5.48. The molecule has 2 saturated heterocycles. The van der Waals surface area contributed by atoms with Crippen molar-refractivity contribution in [2.45, 2.75) is 25.2 Å². The van der Waals surface area contributed by atoms with E-state index in [2.05, 4.69) is 20.3 Å². The minimum absolute atomic E-state index is 0.112. The minimum Gasteiger partial charge on any atom is -0.406 e. The molecule has 8 heteroatoms. The molecule has 2 unspecified atom stereocenters. The van der Waals surface area contributed by atoms with E-state index in [1.54, 1.807) is 0 Å². The number of nitrogens with one attached hydrogen (secondary N) is 2. The maximum Gasteiger partial charge on any atom is 0.573 e. The summed E-state index contributed by atoms with van der Waals surface area (Å²) in [7, 11) is 0. The molecule has 0 aliphatic carbocycles. The molecule has 1 amide bonds. The average Bonchev–Trinajstić information content (AvgIpc) is 2.56. The first-order chi connectivity index (χ1) is 11.9. The maximum absolute atomic E-state index is 12.4. The van der Waals surface area contributed by atoms with E-state index in [1.807, 2.05) is 0 Å². The Morgan fingerprint density at radius 1 is 1.20 bits per heavy atom. The first-order valence-corrected chi connectivity index (χ1v) is 8.50. The lowest BCUT2D eigenvalue weighted by molar-refractivity contribution is -0.274. The molecule has 2 aliphatic rings. The number of hydrogen-bond donors (Lipinski definition) is 2. The van der Waals surface area contributed by atoms with Gasteiger partial charge < -0.3 is 15.4 Å². The van der Waals surface area contributed by atoms with E-state index in [-0.39, 0.29) is 11.7 Å². The molecule has 2 fully saturated rings. The third-order valence-electron chi connectivity index (χ3n) is 4.63. The van der Waals surface area contributed by atoms with Gasteiger partial charge in [-0.15, -0.1) is 13.2 Å². The van der Waals surface area contributed by atoms with E-state index in [0.717, 1.165) is 39.0 Å². The van der Waals surface area contributed by atoms with Gasteiger partial charge in [-0.25, -0.2) is 0 Å². The zero-order valence-corrected chi connectivity index (χ0v) is 13.8. The van der Waals surface area contributed by atoms with Crippen molar-refractivity contribution in [2.75, 3.05) is 32.7 Å². The molecule has 0 bridgehead atoms. The fourth-order valence-electron chi connectivity index (χ4n) is 3.54. The van der Waals surface area contributed by atoms with Gasteiger partial charge in [-0.2, -0.15) is 0 Å². The van der Waals surface area contributed by atoms with Crippen molar-refractivity contribution >= 4 is 5.91 Å². The molecule has 138 valence electrons. The summed E-state index contributed by atoms with van der Waals surface area (Å²) in [4.78, 5) is 14.5. The standard InChI is InChI=1S/C17H22F3N3O2/c18-17(19,20)25-14-5-3-13(4-6-14)15-16(24)22-8-9-23(15)11-12-2-1-7-21-10-12/h3-6,12,15,21H,1-2,7-11H2,(H,22,24). The summed E-state index contributed by atoms with van der Waals surface area (Å²) in [6.07, 6.45) is -2.47. The van der Waals surface area contributed by atoms with Crippen LogP contribution < -0.4 is 15.4 Å². The van der Waals surface area contributed by atoms with E-state index in [1.165, 1.54) is 24.3 Å². The van der Waals surface area contributed by atoms with Gasteiger partial charge in [-0.1, -0.05) is 12.1 Å². The second-order valence-corrected chi connectivity index (χ2v) is 6.52. The fraction of sp³-hybridized carbons (Fsp3) is 0.588. The summed E-state index contributed by atoms with van der Waals surface area (Å²) < 4.78 is 40.7. The number of amides is 1. The molecule has 5 nitrogen and oxygen atoms in total. The number of carbonyl (C=O) groups excluding carboxylic acids is 1. The zero-order chi connectivity index (χ0) is 17.9. The highest BCUT2D eigenvalue weighted by atomic mass is 19.4. The van der Waals surface area contributed by atoms with Crippen LogP contribution in [0.15, 0.2) is 24.3 Å². The van der Waals surface area contributed by atoms with Crippen molar-refractivity contribution in [2.24, 2.45) is 5.92 Å². The van der Waals surface area contributed by atoms with Crippen molar-refractivity contribution < 1.29 is 22.7 Å². The van der Waals surface area contributed by atoms with E-state index in [0.29, 0.717) is 18.0 Å². The maximum atomic E-state index is 12.4. The van der Waals surface area contributed by atoms with Crippen LogP contribution in [0.5, 0.6) is 5.75 Å². The monoisotopic (exact) mass is 357 g/mol. The van der Waals surface area contributed by atoms with Gasteiger partial charge in [0.05, 0.1) is 0 Å². The lowest BCUT2D eigenvalue weighted by Gasteiger charge is -2.38. The Bertz CT molecular complexity index is 586. The molecule has 2 aliphatic heterocycles. The molecular weight excluding hydrogens is 335 g/mol. The number of piperazine rings is 1. The van der Waals surface area contributed by atoms with Gasteiger partial charge in [0.15, 0.2) is 0 Å². The van der Waals surface area contributed by atoms with Crippen LogP contribution in [0.25, 0.3) is 0 Å². The smallest absolute Gasteiger partial charge is 0.406 e. The summed E-state index contributed by atoms with van der Waals surface area (Å²) in [6, 6.07) is 5.09. The average molecular weight is 357 g/mol. The van der Waals surface area contributed by atoms with Crippen molar-refractivity contribution in [1.29, 1.82) is 0 Å². The lowest BCUT2D eigenvalue weighted by Crippen LogP contribution is -2.52. The molecule has 1 aromatic rings. The summed E-state index contributed by atoms with van der Waals surface area (Å²) in [6.45, 7) is 4.08. The van der Waals surface area contributed by atoms with Gasteiger partial charge >= 0.3 is 6.36 Å². The van der Waals surface area contributed by atoms with Gasteiger partial charge in [0.25, 0.3) is 0 Å². The molecular formula is C17H22F3N3O2. The molecule has 2 N–H and O–H groups in total. The van der Waals surface area contributed by atoms with Crippen LogP contribution in [0.3, 0.4) is 0 Å². The van der Waals surface area contributed by atoms with Gasteiger partial charge in [-0.3, -0.25) is 9.69 Å². The number of nitrogens with zero attached hydrogens (tertiary/aromatic N) is 1. The van der Waals surface area contributed by atoms with Crippen molar-refractivity contribution in [3.8, 4) is 5.75 Å². The van der Waals surface area contributed by atoms with E-state index in [9.17, 15) is 18.0 Å². The first kappa shape index (κ1) is 18.0. The molecule has 2 atom stereocenters. The van der Waals surface area contributed by atoms with Crippen LogP contribution in [-0.2, 0) is 4.79 Å². The van der Waals surface area contributed by atoms with Gasteiger partial charge in [0, 0.05) is 19.6 Å². The van der Waals surface area contributed by atoms with Crippen LogP contribution in [0.4, 0.5) is 13.2 Å². The number of piperidine rings is 1. The molecule has 0 saturated carbocycles. The number of benzene rings is 1. The highest BCUT2D eigenvalue weighted by Crippen LogP contribution is 2.29. The highest BCUT2D eigenvalue weighted by Gasteiger charge is 2.34. The third-order valence-corrected chi connectivity index (χ3v) is 4.63. The predicted molar refractivity (Wildman–Crippen MR) is 86.0 cm³/mol. The van der Waals surface area contributed by atoms with Gasteiger partial charge in [0.1, 0.15) is 11.8 Å². The normalized spacial score (nSPS) is 25.5.